The number of aromatic nitrogens is 2. The smallest absolute Gasteiger partial charge is 0.251 e. The summed E-state index contributed by atoms with van der Waals surface area (Å²) in [5.41, 5.74) is 0.577. The van der Waals surface area contributed by atoms with E-state index in [2.05, 4.69) is 4.98 Å². The monoisotopic (exact) mass is 276 g/mol. The molecule has 20 heavy (non-hydrogen) atoms. The maximum atomic E-state index is 12.0. The first-order chi connectivity index (χ1) is 9.73. The van der Waals surface area contributed by atoms with Crippen molar-refractivity contribution in [3.8, 4) is 0 Å². The van der Waals surface area contributed by atoms with E-state index in [1.807, 2.05) is 0 Å². The molecule has 0 atom stereocenters. The number of nitrogens with one attached hydrogen (secondary N) is 1. The zero-order chi connectivity index (χ0) is 14.0. The maximum absolute atomic E-state index is 12.0. The predicted molar refractivity (Wildman–Crippen MR) is 77.8 cm³/mol. The van der Waals surface area contributed by atoms with Gasteiger partial charge < -0.3 is 9.72 Å². The average Bonchev–Trinajstić information content (AvgIpc) is 3.01. The fourth-order valence-corrected chi connectivity index (χ4v) is 3.78. The van der Waals surface area contributed by atoms with E-state index in [9.17, 15) is 4.79 Å². The minimum absolute atomic E-state index is 0.0288. The number of H-pyrrole nitrogens is 1. The van der Waals surface area contributed by atoms with Gasteiger partial charge in [-0.3, -0.25) is 4.79 Å². The van der Waals surface area contributed by atoms with Gasteiger partial charge >= 0.3 is 0 Å². The number of aromatic amines is 1. The first-order valence-electron chi connectivity index (χ1n) is 7.90. The van der Waals surface area contributed by atoms with Crippen LogP contribution in [0.1, 0.15) is 75.2 Å². The summed E-state index contributed by atoms with van der Waals surface area (Å²) in [7, 11) is 1.74. The van der Waals surface area contributed by atoms with Crippen molar-refractivity contribution < 1.29 is 4.74 Å². The van der Waals surface area contributed by atoms with Crippen molar-refractivity contribution in [3.05, 3.63) is 27.9 Å². The van der Waals surface area contributed by atoms with Gasteiger partial charge in [0.1, 0.15) is 11.4 Å². The third-order valence-electron chi connectivity index (χ3n) is 5.02. The van der Waals surface area contributed by atoms with Crippen LogP contribution >= 0.6 is 0 Å². The molecule has 4 heteroatoms. The van der Waals surface area contributed by atoms with Crippen LogP contribution < -0.4 is 5.56 Å². The number of hydrogen-bond acceptors (Lipinski definition) is 3. The molecular formula is C16H24N2O2. The molecular weight excluding hydrogens is 252 g/mol. The lowest BCUT2D eigenvalue weighted by atomic mass is 9.83. The lowest BCUT2D eigenvalue weighted by Crippen LogP contribution is -2.35. The van der Waals surface area contributed by atoms with Gasteiger partial charge in [0.15, 0.2) is 0 Å². The molecule has 1 N–H and O–H groups in total. The van der Waals surface area contributed by atoms with Crippen molar-refractivity contribution in [2.45, 2.75) is 69.3 Å². The van der Waals surface area contributed by atoms with E-state index in [0.717, 1.165) is 50.0 Å². The minimum Gasteiger partial charge on any atom is -0.370 e. The van der Waals surface area contributed by atoms with Crippen molar-refractivity contribution in [2.75, 3.05) is 7.11 Å². The fraction of sp³-hybridized carbons (Fsp3) is 0.750. The number of rotatable bonds is 3. The van der Waals surface area contributed by atoms with Crippen LogP contribution in [0.5, 0.6) is 0 Å². The molecule has 2 fully saturated rings. The Kier molecular flexibility index (Phi) is 3.92. The van der Waals surface area contributed by atoms with Crippen LogP contribution in [0, 0.1) is 0 Å². The lowest BCUT2D eigenvalue weighted by molar-refractivity contribution is -0.0518. The molecule has 0 saturated heterocycles. The predicted octanol–water partition coefficient (Wildman–Crippen LogP) is 3.23. The van der Waals surface area contributed by atoms with Gasteiger partial charge in [-0.15, -0.1) is 0 Å². The quantitative estimate of drug-likeness (QED) is 0.922. The Balaban J connectivity index is 1.97. The van der Waals surface area contributed by atoms with E-state index in [-0.39, 0.29) is 11.2 Å². The van der Waals surface area contributed by atoms with Crippen LogP contribution in [0.4, 0.5) is 0 Å². The Labute approximate surface area is 120 Å². The summed E-state index contributed by atoms with van der Waals surface area (Å²) in [4.78, 5) is 19.8. The average molecular weight is 276 g/mol. The van der Waals surface area contributed by atoms with Gasteiger partial charge in [-0.25, -0.2) is 4.98 Å². The molecule has 0 bridgehead atoms. The van der Waals surface area contributed by atoms with Gasteiger partial charge in [0.2, 0.25) is 0 Å². The molecule has 3 rings (SSSR count). The molecule has 4 nitrogen and oxygen atoms in total. The number of ether oxygens (including phenoxy) is 1. The highest BCUT2D eigenvalue weighted by Gasteiger charge is 2.37. The summed E-state index contributed by atoms with van der Waals surface area (Å²) in [5, 5.41) is 0. The van der Waals surface area contributed by atoms with Gasteiger partial charge in [0.25, 0.3) is 5.56 Å². The molecule has 0 unspecified atom stereocenters. The van der Waals surface area contributed by atoms with E-state index in [0.29, 0.717) is 5.92 Å². The van der Waals surface area contributed by atoms with Crippen LogP contribution in [0.3, 0.4) is 0 Å². The van der Waals surface area contributed by atoms with E-state index in [1.54, 1.807) is 13.2 Å². The summed E-state index contributed by atoms with van der Waals surface area (Å²) < 4.78 is 5.80. The topological polar surface area (TPSA) is 55.0 Å². The molecule has 0 aliphatic heterocycles. The van der Waals surface area contributed by atoms with Crippen molar-refractivity contribution in [2.24, 2.45) is 0 Å². The normalized spacial score (nSPS) is 23.1. The molecule has 0 radical (unpaired) electrons. The van der Waals surface area contributed by atoms with Gasteiger partial charge in [-0.1, -0.05) is 32.1 Å². The number of methoxy groups -OCH3 is 1. The molecule has 1 aromatic heterocycles. The van der Waals surface area contributed by atoms with Crippen LogP contribution in [-0.2, 0) is 10.3 Å². The molecule has 0 amide bonds. The molecule has 110 valence electrons. The third-order valence-corrected chi connectivity index (χ3v) is 5.02. The largest absolute Gasteiger partial charge is 0.370 e. The summed E-state index contributed by atoms with van der Waals surface area (Å²) in [5.74, 6) is 1.22. The van der Waals surface area contributed by atoms with Crippen molar-refractivity contribution in [3.63, 3.8) is 0 Å². The molecule has 1 heterocycles. The molecule has 2 saturated carbocycles. The Morgan fingerprint density at radius 2 is 1.90 bits per heavy atom. The highest BCUT2D eigenvalue weighted by atomic mass is 16.5. The zero-order valence-corrected chi connectivity index (χ0v) is 12.3. The molecule has 1 aromatic rings. The molecule has 2 aliphatic carbocycles. The van der Waals surface area contributed by atoms with Gasteiger partial charge in [0, 0.05) is 19.1 Å². The van der Waals surface area contributed by atoms with Crippen LogP contribution in [0.15, 0.2) is 10.9 Å². The van der Waals surface area contributed by atoms with E-state index in [4.69, 9.17) is 9.72 Å². The van der Waals surface area contributed by atoms with Gasteiger partial charge in [-0.2, -0.15) is 0 Å². The molecule has 0 spiro atoms. The van der Waals surface area contributed by atoms with Crippen LogP contribution in [0.2, 0.25) is 0 Å². The Morgan fingerprint density at radius 1 is 1.20 bits per heavy atom. The van der Waals surface area contributed by atoms with Crippen LogP contribution in [-0.4, -0.2) is 17.1 Å². The van der Waals surface area contributed by atoms with Gasteiger partial charge in [0.05, 0.1) is 5.69 Å². The third kappa shape index (κ3) is 2.53. The van der Waals surface area contributed by atoms with E-state index >= 15 is 0 Å². The summed E-state index contributed by atoms with van der Waals surface area (Å²) in [6, 6.07) is 1.69. The summed E-state index contributed by atoms with van der Waals surface area (Å²) in [6.07, 6.45) is 10.3. The number of nitrogens with zero attached hydrogens (tertiary/aromatic N) is 1. The summed E-state index contributed by atoms with van der Waals surface area (Å²) in [6.45, 7) is 0. The van der Waals surface area contributed by atoms with Crippen molar-refractivity contribution in [1.29, 1.82) is 0 Å². The standard InChI is InChI=1S/C16H24N2O2/c1-20-16(9-5-2-6-10-16)15-17-13(11-14(19)18-15)12-7-3-4-8-12/h11-12H,2-10H2,1H3,(H,17,18,19). The van der Waals surface area contributed by atoms with E-state index < -0.39 is 0 Å². The van der Waals surface area contributed by atoms with Gasteiger partial charge in [-0.05, 0) is 25.7 Å². The maximum Gasteiger partial charge on any atom is 0.251 e. The second-order valence-corrected chi connectivity index (χ2v) is 6.26. The zero-order valence-electron chi connectivity index (χ0n) is 12.3. The van der Waals surface area contributed by atoms with E-state index in [1.165, 1.54) is 19.3 Å². The lowest BCUT2D eigenvalue weighted by Gasteiger charge is -2.35. The van der Waals surface area contributed by atoms with Crippen molar-refractivity contribution in [1.82, 2.24) is 9.97 Å². The van der Waals surface area contributed by atoms with Crippen molar-refractivity contribution >= 4 is 0 Å². The van der Waals surface area contributed by atoms with Crippen LogP contribution in [0.25, 0.3) is 0 Å². The molecule has 2 aliphatic rings. The Bertz CT molecular complexity index is 511. The highest BCUT2D eigenvalue weighted by molar-refractivity contribution is 5.14. The Morgan fingerprint density at radius 3 is 2.55 bits per heavy atom. The number of hydrogen-bond donors (Lipinski definition) is 1. The summed E-state index contributed by atoms with van der Waals surface area (Å²) >= 11 is 0. The Hall–Kier alpha value is -1.16. The first kappa shape index (κ1) is 13.8. The minimum atomic E-state index is -0.369. The molecule has 0 aromatic carbocycles. The second kappa shape index (κ2) is 5.68. The fourth-order valence-electron chi connectivity index (χ4n) is 3.78. The first-order valence-corrected chi connectivity index (χ1v) is 7.90. The second-order valence-electron chi connectivity index (χ2n) is 6.26. The SMILES string of the molecule is COC1(c2nc(C3CCCC3)cc(=O)[nH]2)CCCCC1. The highest BCUT2D eigenvalue weighted by Crippen LogP contribution is 2.39.